The average molecular weight is 390 g/mol. The zero-order valence-corrected chi connectivity index (χ0v) is 16.0. The summed E-state index contributed by atoms with van der Waals surface area (Å²) in [6.45, 7) is 4.05. The minimum atomic E-state index is -3.68. The van der Waals surface area contributed by atoms with Crippen LogP contribution in [-0.4, -0.2) is 40.1 Å². The van der Waals surface area contributed by atoms with E-state index >= 15 is 0 Å². The zero-order chi connectivity index (χ0) is 18.6. The molecule has 0 amide bonds. The molecule has 3 rings (SSSR count). The van der Waals surface area contributed by atoms with Crippen molar-refractivity contribution in [2.45, 2.75) is 19.0 Å². The van der Waals surface area contributed by atoms with Gasteiger partial charge in [-0.1, -0.05) is 36.0 Å². The summed E-state index contributed by atoms with van der Waals surface area (Å²) < 4.78 is 30.8. The lowest BCUT2D eigenvalue weighted by atomic mass is 10.1. The van der Waals surface area contributed by atoms with Crippen molar-refractivity contribution in [3.63, 3.8) is 0 Å². The van der Waals surface area contributed by atoms with Crippen LogP contribution in [0.15, 0.2) is 53.7 Å². The molecule has 3 aromatic rings. The molecule has 0 radical (unpaired) electrons. The molecular formula is C17H18N4O3S2. The number of benzene rings is 2. The Kier molecular flexibility index (Phi) is 5.58. The second-order valence-electron chi connectivity index (χ2n) is 5.65. The summed E-state index contributed by atoms with van der Waals surface area (Å²) in [6, 6.07) is 14.4. The quantitative estimate of drug-likeness (QED) is 0.453. The van der Waals surface area contributed by atoms with Crippen LogP contribution in [0.2, 0.25) is 0 Å². The second-order valence-corrected chi connectivity index (χ2v) is 8.40. The number of rotatable bonds is 7. The number of thioether (sulfide) groups is 1. The van der Waals surface area contributed by atoms with E-state index in [4.69, 9.17) is 4.18 Å². The van der Waals surface area contributed by atoms with Crippen LogP contribution >= 0.6 is 11.8 Å². The van der Waals surface area contributed by atoms with E-state index < -0.39 is 10.1 Å². The van der Waals surface area contributed by atoms with Crippen LogP contribution in [0.3, 0.4) is 0 Å². The maximum Gasteiger partial charge on any atom is 0.310 e. The van der Waals surface area contributed by atoms with Gasteiger partial charge < -0.3 is 4.18 Å². The van der Waals surface area contributed by atoms with Crippen molar-refractivity contribution in [3.05, 3.63) is 59.7 Å². The molecule has 0 aliphatic carbocycles. The van der Waals surface area contributed by atoms with Crippen LogP contribution in [0, 0.1) is 13.8 Å². The maximum atomic E-state index is 12.1. The van der Waals surface area contributed by atoms with Gasteiger partial charge in [0.05, 0.1) is 11.4 Å². The number of hydrogen-bond donors (Lipinski definition) is 0. The molecule has 0 saturated heterocycles. The Labute approximate surface area is 156 Å². The highest BCUT2D eigenvalue weighted by Gasteiger charge is 2.15. The molecule has 1 aromatic heterocycles. The number of hydrogen-bond acceptors (Lipinski definition) is 7. The van der Waals surface area contributed by atoms with Gasteiger partial charge in [-0.05, 0) is 59.7 Å². The lowest BCUT2D eigenvalue weighted by Gasteiger charge is -2.08. The lowest BCUT2D eigenvalue weighted by molar-refractivity contribution is 0.488. The van der Waals surface area contributed by atoms with E-state index in [9.17, 15) is 8.42 Å². The first kappa shape index (κ1) is 18.4. The molecule has 9 heteroatoms. The molecule has 0 saturated carbocycles. The Morgan fingerprint density at radius 1 is 1.08 bits per heavy atom. The topological polar surface area (TPSA) is 87.0 Å². The number of aryl methyl sites for hydroxylation is 2. The highest BCUT2D eigenvalue weighted by Crippen LogP contribution is 2.21. The first-order valence-electron chi connectivity index (χ1n) is 7.91. The van der Waals surface area contributed by atoms with Crippen molar-refractivity contribution in [1.29, 1.82) is 0 Å². The van der Waals surface area contributed by atoms with Gasteiger partial charge in [-0.25, -0.2) is 0 Å². The summed E-state index contributed by atoms with van der Waals surface area (Å²) >= 11 is 1.26. The van der Waals surface area contributed by atoms with Gasteiger partial charge in [0.25, 0.3) is 0 Å². The fourth-order valence-corrected chi connectivity index (χ4v) is 4.37. The van der Waals surface area contributed by atoms with Crippen LogP contribution in [-0.2, 0) is 10.1 Å². The summed E-state index contributed by atoms with van der Waals surface area (Å²) in [6.07, 6.45) is 0. The molecule has 0 spiro atoms. The zero-order valence-electron chi connectivity index (χ0n) is 14.4. The van der Waals surface area contributed by atoms with Crippen LogP contribution in [0.25, 0.3) is 5.69 Å². The predicted octanol–water partition coefficient (Wildman–Crippen LogP) is 2.78. The third-order valence-electron chi connectivity index (χ3n) is 3.71. The number of aromatic nitrogens is 4. The van der Waals surface area contributed by atoms with E-state index in [-0.39, 0.29) is 11.5 Å². The van der Waals surface area contributed by atoms with Crippen molar-refractivity contribution >= 4 is 21.9 Å². The molecule has 0 unspecified atom stereocenters. The Bertz CT molecular complexity index is 988. The molecule has 0 fully saturated rings. The lowest BCUT2D eigenvalue weighted by Crippen LogP contribution is -2.15. The first-order valence-corrected chi connectivity index (χ1v) is 10.5. The standard InChI is InChI=1S/C17H18N4O3S2/c1-13-8-9-15(12-14(13)2)21-17(18-19-20-21)25-10-11-26(22,23)24-16-6-4-3-5-7-16/h3-9,12H,10-11H2,1-2H3. The average Bonchev–Trinajstić information content (AvgIpc) is 3.06. The number of nitrogens with zero attached hydrogens (tertiary/aromatic N) is 4. The van der Waals surface area contributed by atoms with Gasteiger partial charge in [-0.2, -0.15) is 13.1 Å². The molecule has 136 valence electrons. The molecule has 7 nitrogen and oxygen atoms in total. The van der Waals surface area contributed by atoms with E-state index in [0.29, 0.717) is 10.9 Å². The highest BCUT2D eigenvalue weighted by molar-refractivity contribution is 8.00. The minimum absolute atomic E-state index is 0.146. The Hall–Kier alpha value is -2.39. The summed E-state index contributed by atoms with van der Waals surface area (Å²) in [4.78, 5) is 0. The van der Waals surface area contributed by atoms with E-state index in [2.05, 4.69) is 15.5 Å². The normalized spacial score (nSPS) is 11.5. The summed E-state index contributed by atoms with van der Waals surface area (Å²) in [5, 5.41) is 12.2. The second kappa shape index (κ2) is 7.88. The van der Waals surface area contributed by atoms with Gasteiger partial charge in [-0.15, -0.1) is 5.10 Å². The van der Waals surface area contributed by atoms with Crippen LogP contribution in [0.5, 0.6) is 5.75 Å². The smallest absolute Gasteiger partial charge is 0.310 e. The molecule has 0 aliphatic rings. The Balaban J connectivity index is 1.64. The largest absolute Gasteiger partial charge is 0.382 e. The van der Waals surface area contributed by atoms with Gasteiger partial charge in [0.15, 0.2) is 0 Å². The van der Waals surface area contributed by atoms with Crippen LogP contribution in [0.4, 0.5) is 0 Å². The SMILES string of the molecule is Cc1ccc(-n2nnnc2SCCS(=O)(=O)Oc2ccccc2)cc1C. The Morgan fingerprint density at radius 3 is 2.58 bits per heavy atom. The van der Waals surface area contributed by atoms with Gasteiger partial charge in [0, 0.05) is 5.75 Å². The van der Waals surface area contributed by atoms with Gasteiger partial charge >= 0.3 is 10.1 Å². The molecule has 0 N–H and O–H groups in total. The number of tetrazole rings is 1. The molecule has 2 aromatic carbocycles. The van der Waals surface area contributed by atoms with E-state index in [1.807, 2.05) is 32.0 Å². The molecule has 1 heterocycles. The van der Waals surface area contributed by atoms with Crippen molar-refractivity contribution in [3.8, 4) is 11.4 Å². The highest BCUT2D eigenvalue weighted by atomic mass is 32.2. The van der Waals surface area contributed by atoms with E-state index in [0.717, 1.165) is 11.3 Å². The molecular weight excluding hydrogens is 372 g/mol. The molecule has 0 bridgehead atoms. The first-order chi connectivity index (χ1) is 12.4. The predicted molar refractivity (Wildman–Crippen MR) is 100 cm³/mol. The van der Waals surface area contributed by atoms with Crippen molar-refractivity contribution < 1.29 is 12.6 Å². The fourth-order valence-electron chi connectivity index (χ4n) is 2.19. The van der Waals surface area contributed by atoms with E-state index in [1.165, 1.54) is 17.3 Å². The molecule has 26 heavy (non-hydrogen) atoms. The third-order valence-corrected chi connectivity index (χ3v) is 6.04. The molecule has 0 aliphatic heterocycles. The Morgan fingerprint density at radius 2 is 1.85 bits per heavy atom. The fraction of sp³-hybridized carbons (Fsp3) is 0.235. The van der Waals surface area contributed by atoms with Crippen molar-refractivity contribution in [2.75, 3.05) is 11.5 Å². The maximum absolute atomic E-state index is 12.1. The monoisotopic (exact) mass is 390 g/mol. The number of para-hydroxylation sites is 1. The van der Waals surface area contributed by atoms with Gasteiger partial charge in [-0.3, -0.25) is 0 Å². The summed E-state index contributed by atoms with van der Waals surface area (Å²) in [5.41, 5.74) is 3.15. The van der Waals surface area contributed by atoms with E-state index in [1.54, 1.807) is 35.0 Å². The molecule has 0 atom stereocenters. The van der Waals surface area contributed by atoms with Crippen LogP contribution in [0.1, 0.15) is 11.1 Å². The van der Waals surface area contributed by atoms with Crippen molar-refractivity contribution in [1.82, 2.24) is 20.2 Å². The van der Waals surface area contributed by atoms with Crippen molar-refractivity contribution in [2.24, 2.45) is 0 Å². The van der Waals surface area contributed by atoms with Gasteiger partial charge in [0.2, 0.25) is 5.16 Å². The summed E-state index contributed by atoms with van der Waals surface area (Å²) in [7, 11) is -3.68. The van der Waals surface area contributed by atoms with Gasteiger partial charge in [0.1, 0.15) is 5.75 Å². The summed E-state index contributed by atoms with van der Waals surface area (Å²) in [5.74, 6) is 0.435. The van der Waals surface area contributed by atoms with Crippen LogP contribution < -0.4 is 4.18 Å². The minimum Gasteiger partial charge on any atom is -0.382 e. The third kappa shape index (κ3) is 4.61.